The number of nitriles is 1. The first-order valence-electron chi connectivity index (χ1n) is 6.72. The van der Waals surface area contributed by atoms with Crippen molar-refractivity contribution in [2.75, 3.05) is 18.0 Å². The van der Waals surface area contributed by atoms with Gasteiger partial charge in [0.1, 0.15) is 11.6 Å². The third kappa shape index (κ3) is 2.73. The van der Waals surface area contributed by atoms with Crippen molar-refractivity contribution < 1.29 is 4.92 Å². The van der Waals surface area contributed by atoms with Gasteiger partial charge in [-0.1, -0.05) is 0 Å². The largest absolute Gasteiger partial charge is 0.368 e. The van der Waals surface area contributed by atoms with Gasteiger partial charge in [-0.3, -0.25) is 10.1 Å². The average molecular weight is 274 g/mol. The summed E-state index contributed by atoms with van der Waals surface area (Å²) in [5.41, 5.74) is 6.49. The monoisotopic (exact) mass is 274 g/mol. The number of rotatable bonds is 3. The zero-order chi connectivity index (χ0) is 14.7. The third-order valence-corrected chi connectivity index (χ3v) is 3.94. The molecule has 0 aliphatic carbocycles. The molecule has 0 spiro atoms. The van der Waals surface area contributed by atoms with E-state index in [-0.39, 0.29) is 11.3 Å². The second kappa shape index (κ2) is 5.88. The van der Waals surface area contributed by atoms with Gasteiger partial charge in [0.2, 0.25) is 0 Å². The standard InChI is InChI=1S/C14H18N4O2/c1-10-2-3-11(7-15)9-17(10)13-5-4-12(8-16)14(6-13)18(19)20/h4-6,10-11H,2-3,7,9,15H2,1H3. The molecule has 106 valence electrons. The molecule has 1 aliphatic heterocycles. The van der Waals surface area contributed by atoms with Crippen LogP contribution in [0, 0.1) is 27.4 Å². The molecule has 0 bridgehead atoms. The Morgan fingerprint density at radius 2 is 2.30 bits per heavy atom. The van der Waals surface area contributed by atoms with Gasteiger partial charge in [0.25, 0.3) is 5.69 Å². The maximum Gasteiger partial charge on any atom is 0.289 e. The van der Waals surface area contributed by atoms with Gasteiger partial charge in [0, 0.05) is 24.3 Å². The SMILES string of the molecule is CC1CCC(CN)CN1c1ccc(C#N)c([N+](=O)[O-])c1. The van der Waals surface area contributed by atoms with Crippen LogP contribution in [0.15, 0.2) is 18.2 Å². The number of benzene rings is 1. The minimum absolute atomic E-state index is 0.0961. The molecule has 1 aromatic rings. The van der Waals surface area contributed by atoms with Crippen LogP contribution in [0.2, 0.25) is 0 Å². The van der Waals surface area contributed by atoms with Gasteiger partial charge in [0.05, 0.1) is 4.92 Å². The lowest BCUT2D eigenvalue weighted by Gasteiger charge is -2.39. The van der Waals surface area contributed by atoms with E-state index in [1.807, 2.05) is 6.07 Å². The Kier molecular flexibility index (Phi) is 4.20. The summed E-state index contributed by atoms with van der Waals surface area (Å²) >= 11 is 0. The second-order valence-corrected chi connectivity index (χ2v) is 5.25. The topological polar surface area (TPSA) is 96.2 Å². The summed E-state index contributed by atoms with van der Waals surface area (Å²) < 4.78 is 0. The number of piperidine rings is 1. The maximum absolute atomic E-state index is 11.0. The fraction of sp³-hybridized carbons (Fsp3) is 0.500. The lowest BCUT2D eigenvalue weighted by molar-refractivity contribution is -0.385. The van der Waals surface area contributed by atoms with E-state index in [2.05, 4.69) is 11.8 Å². The van der Waals surface area contributed by atoms with Gasteiger partial charge in [-0.2, -0.15) is 5.26 Å². The number of nitro benzene ring substituents is 1. The lowest BCUT2D eigenvalue weighted by atomic mass is 9.93. The fourth-order valence-corrected chi connectivity index (χ4v) is 2.68. The Morgan fingerprint density at radius 1 is 1.55 bits per heavy atom. The normalized spacial score (nSPS) is 22.4. The molecule has 0 amide bonds. The molecule has 2 rings (SSSR count). The van der Waals surface area contributed by atoms with Crippen molar-refractivity contribution in [3.8, 4) is 6.07 Å². The lowest BCUT2D eigenvalue weighted by Crippen LogP contribution is -2.44. The molecule has 2 N–H and O–H groups in total. The smallest absolute Gasteiger partial charge is 0.289 e. The summed E-state index contributed by atoms with van der Waals surface area (Å²) in [5, 5.41) is 19.9. The first kappa shape index (κ1) is 14.3. The van der Waals surface area contributed by atoms with Crippen molar-refractivity contribution in [1.29, 1.82) is 5.26 Å². The highest BCUT2D eigenvalue weighted by atomic mass is 16.6. The highest BCUT2D eigenvalue weighted by Gasteiger charge is 2.26. The zero-order valence-electron chi connectivity index (χ0n) is 11.5. The van der Waals surface area contributed by atoms with Crippen LogP contribution in [0.5, 0.6) is 0 Å². The summed E-state index contributed by atoms with van der Waals surface area (Å²) in [6.07, 6.45) is 2.11. The van der Waals surface area contributed by atoms with Crippen LogP contribution < -0.4 is 10.6 Å². The second-order valence-electron chi connectivity index (χ2n) is 5.25. The Morgan fingerprint density at radius 3 is 2.90 bits per heavy atom. The van der Waals surface area contributed by atoms with Gasteiger partial charge in [-0.15, -0.1) is 0 Å². The Bertz CT molecular complexity index is 553. The molecule has 6 nitrogen and oxygen atoms in total. The molecule has 1 heterocycles. The Hall–Kier alpha value is -2.13. The molecular formula is C14H18N4O2. The van der Waals surface area contributed by atoms with Crippen LogP contribution in [-0.4, -0.2) is 24.1 Å². The molecule has 1 fully saturated rings. The van der Waals surface area contributed by atoms with Crippen molar-refractivity contribution in [2.24, 2.45) is 11.7 Å². The molecule has 2 unspecified atom stereocenters. The van der Waals surface area contributed by atoms with E-state index in [0.29, 0.717) is 18.5 Å². The van der Waals surface area contributed by atoms with Gasteiger partial charge in [-0.05, 0) is 44.4 Å². The van der Waals surface area contributed by atoms with Crippen molar-refractivity contribution >= 4 is 11.4 Å². The molecular weight excluding hydrogens is 256 g/mol. The van der Waals surface area contributed by atoms with E-state index in [9.17, 15) is 10.1 Å². The van der Waals surface area contributed by atoms with E-state index in [1.165, 1.54) is 12.1 Å². The molecule has 6 heteroatoms. The van der Waals surface area contributed by atoms with Crippen LogP contribution >= 0.6 is 0 Å². The number of nitrogens with two attached hydrogens (primary N) is 1. The summed E-state index contributed by atoms with van der Waals surface area (Å²) in [6, 6.07) is 6.98. The number of nitro groups is 1. The van der Waals surface area contributed by atoms with Gasteiger partial charge in [-0.25, -0.2) is 0 Å². The number of hydrogen-bond acceptors (Lipinski definition) is 5. The first-order chi connectivity index (χ1) is 9.56. The van der Waals surface area contributed by atoms with Gasteiger partial charge < -0.3 is 10.6 Å². The van der Waals surface area contributed by atoms with Crippen molar-refractivity contribution in [2.45, 2.75) is 25.8 Å². The van der Waals surface area contributed by atoms with Gasteiger partial charge >= 0.3 is 0 Å². The minimum atomic E-state index is -0.503. The van der Waals surface area contributed by atoms with E-state index < -0.39 is 4.92 Å². The highest BCUT2D eigenvalue weighted by Crippen LogP contribution is 2.31. The van der Waals surface area contributed by atoms with Gasteiger partial charge in [0.15, 0.2) is 0 Å². The average Bonchev–Trinajstić information content (AvgIpc) is 2.47. The quantitative estimate of drug-likeness (QED) is 0.672. The summed E-state index contributed by atoms with van der Waals surface area (Å²) in [7, 11) is 0. The molecule has 20 heavy (non-hydrogen) atoms. The fourth-order valence-electron chi connectivity index (χ4n) is 2.68. The predicted molar refractivity (Wildman–Crippen MR) is 76.4 cm³/mol. The zero-order valence-corrected chi connectivity index (χ0v) is 11.5. The van der Waals surface area contributed by atoms with E-state index >= 15 is 0 Å². The van der Waals surface area contributed by atoms with Crippen LogP contribution in [0.4, 0.5) is 11.4 Å². The van der Waals surface area contributed by atoms with Crippen LogP contribution in [-0.2, 0) is 0 Å². The maximum atomic E-state index is 11.0. The van der Waals surface area contributed by atoms with Crippen LogP contribution in [0.3, 0.4) is 0 Å². The molecule has 0 saturated carbocycles. The predicted octanol–water partition coefficient (Wildman–Crippen LogP) is 2.03. The minimum Gasteiger partial charge on any atom is -0.368 e. The molecule has 2 atom stereocenters. The van der Waals surface area contributed by atoms with Crippen LogP contribution in [0.25, 0.3) is 0 Å². The number of nitrogens with zero attached hydrogens (tertiary/aromatic N) is 3. The summed E-state index contributed by atoms with van der Waals surface area (Å²) in [5.74, 6) is 0.417. The van der Waals surface area contributed by atoms with Crippen molar-refractivity contribution in [1.82, 2.24) is 0 Å². The first-order valence-corrected chi connectivity index (χ1v) is 6.72. The summed E-state index contributed by atoms with van der Waals surface area (Å²) in [4.78, 5) is 12.7. The van der Waals surface area contributed by atoms with Crippen molar-refractivity contribution in [3.05, 3.63) is 33.9 Å². The van der Waals surface area contributed by atoms with E-state index in [1.54, 1.807) is 6.07 Å². The number of anilines is 1. The molecule has 0 aromatic heterocycles. The Balaban J connectivity index is 2.34. The molecule has 1 aromatic carbocycles. The van der Waals surface area contributed by atoms with Crippen molar-refractivity contribution in [3.63, 3.8) is 0 Å². The summed E-state index contributed by atoms with van der Waals surface area (Å²) in [6.45, 7) is 3.54. The molecule has 1 saturated heterocycles. The van der Waals surface area contributed by atoms with E-state index in [4.69, 9.17) is 11.0 Å². The molecule has 0 radical (unpaired) electrons. The van der Waals surface area contributed by atoms with E-state index in [0.717, 1.165) is 25.1 Å². The number of hydrogen-bond donors (Lipinski definition) is 1. The highest BCUT2D eigenvalue weighted by molar-refractivity contribution is 5.60. The Labute approximate surface area is 117 Å². The third-order valence-electron chi connectivity index (χ3n) is 3.94. The molecule has 1 aliphatic rings. The van der Waals surface area contributed by atoms with Crippen LogP contribution in [0.1, 0.15) is 25.3 Å².